The van der Waals surface area contributed by atoms with E-state index in [4.69, 9.17) is 4.74 Å². The van der Waals surface area contributed by atoms with E-state index in [1.807, 2.05) is 0 Å². The highest BCUT2D eigenvalue weighted by molar-refractivity contribution is 8.14. The molecular weight excluding hydrogens is 246 g/mol. The van der Waals surface area contributed by atoms with E-state index in [1.54, 1.807) is 11.8 Å². The molecule has 0 saturated carbocycles. The molecule has 1 aliphatic rings. The van der Waals surface area contributed by atoms with Crippen molar-refractivity contribution < 1.29 is 13.5 Å². The van der Waals surface area contributed by atoms with Crippen LogP contribution in [0.5, 0.6) is 0 Å². The van der Waals surface area contributed by atoms with Crippen LogP contribution in [0, 0.1) is 0 Å². The van der Waals surface area contributed by atoms with E-state index in [0.717, 1.165) is 23.8 Å². The molecule has 0 atom stereocenters. The molecule has 1 heterocycles. The second-order valence-corrected chi connectivity index (χ2v) is 5.02. The van der Waals surface area contributed by atoms with Gasteiger partial charge < -0.3 is 10.1 Å². The summed E-state index contributed by atoms with van der Waals surface area (Å²) in [7, 11) is 0. The number of amidine groups is 1. The number of hydrogen-bond donors (Lipinski definition) is 1. The fraction of sp³-hybridized carbons (Fsp3) is 0.909. The van der Waals surface area contributed by atoms with Crippen LogP contribution in [0.1, 0.15) is 26.7 Å². The van der Waals surface area contributed by atoms with Gasteiger partial charge in [0.05, 0.1) is 13.2 Å². The number of nitrogens with zero attached hydrogens (tertiary/aromatic N) is 1. The molecule has 0 radical (unpaired) electrons. The normalized spacial score (nSPS) is 21.1. The molecule has 0 spiro atoms. The van der Waals surface area contributed by atoms with Gasteiger partial charge in [0.2, 0.25) is 0 Å². The van der Waals surface area contributed by atoms with E-state index in [0.29, 0.717) is 6.54 Å². The Labute approximate surface area is 105 Å². The summed E-state index contributed by atoms with van der Waals surface area (Å²) in [6.07, 6.45) is -0.260. The second-order valence-electron chi connectivity index (χ2n) is 4.05. The van der Waals surface area contributed by atoms with Gasteiger partial charge in [-0.05, 0) is 12.8 Å². The molecule has 0 aromatic rings. The Kier molecular flexibility index (Phi) is 6.19. The first-order valence-electron chi connectivity index (χ1n) is 5.93. The lowest BCUT2D eigenvalue weighted by molar-refractivity contribution is 0.0207. The second kappa shape index (κ2) is 7.16. The molecule has 6 heteroatoms. The van der Waals surface area contributed by atoms with Gasteiger partial charge in [-0.15, -0.1) is 0 Å². The first-order chi connectivity index (χ1) is 8.12. The monoisotopic (exact) mass is 266 g/mol. The molecule has 0 aliphatic carbocycles. The minimum Gasteiger partial charge on any atom is -0.374 e. The molecule has 1 fully saturated rings. The van der Waals surface area contributed by atoms with Crippen molar-refractivity contribution in [2.75, 3.05) is 25.5 Å². The molecule has 0 aromatic carbocycles. The van der Waals surface area contributed by atoms with Crippen LogP contribution in [-0.4, -0.2) is 42.6 Å². The van der Waals surface area contributed by atoms with Crippen molar-refractivity contribution in [2.45, 2.75) is 38.7 Å². The average molecular weight is 266 g/mol. The van der Waals surface area contributed by atoms with E-state index in [-0.39, 0.29) is 12.1 Å². The first kappa shape index (κ1) is 14.7. The molecule has 0 aromatic heterocycles. The minimum absolute atomic E-state index is 0.160. The highest BCUT2D eigenvalue weighted by atomic mass is 32.2. The highest BCUT2D eigenvalue weighted by Gasteiger charge is 2.33. The molecule has 3 nitrogen and oxygen atoms in total. The zero-order valence-electron chi connectivity index (χ0n) is 10.3. The topological polar surface area (TPSA) is 33.6 Å². The lowest BCUT2D eigenvalue weighted by atomic mass is 9.96. The molecule has 0 bridgehead atoms. The van der Waals surface area contributed by atoms with Crippen LogP contribution in [0.2, 0.25) is 0 Å². The number of nitrogens with one attached hydrogen (secondary N) is 1. The molecule has 1 aliphatic heterocycles. The molecule has 0 amide bonds. The van der Waals surface area contributed by atoms with Crippen molar-refractivity contribution in [3.8, 4) is 0 Å². The maximum Gasteiger partial charge on any atom is 0.261 e. The SMILES string of the molecule is CCC1(CC)CSC(=NCCOCC(F)F)N1. The van der Waals surface area contributed by atoms with Crippen LogP contribution in [0.15, 0.2) is 4.99 Å². The predicted molar refractivity (Wildman–Crippen MR) is 68.0 cm³/mol. The molecule has 17 heavy (non-hydrogen) atoms. The van der Waals surface area contributed by atoms with Gasteiger partial charge in [-0.3, -0.25) is 4.99 Å². The minimum atomic E-state index is -2.39. The van der Waals surface area contributed by atoms with E-state index in [2.05, 4.69) is 24.2 Å². The third-order valence-electron chi connectivity index (χ3n) is 2.95. The Balaban J connectivity index is 2.24. The van der Waals surface area contributed by atoms with Crippen LogP contribution in [0.3, 0.4) is 0 Å². The van der Waals surface area contributed by atoms with Gasteiger partial charge in [0.1, 0.15) is 6.61 Å². The van der Waals surface area contributed by atoms with Crippen molar-refractivity contribution in [3.05, 3.63) is 0 Å². The predicted octanol–water partition coefficient (Wildman–Crippen LogP) is 2.52. The smallest absolute Gasteiger partial charge is 0.261 e. The lowest BCUT2D eigenvalue weighted by Gasteiger charge is -2.25. The van der Waals surface area contributed by atoms with Gasteiger partial charge in [0.15, 0.2) is 5.17 Å². The summed E-state index contributed by atoms with van der Waals surface area (Å²) in [4.78, 5) is 4.31. The summed E-state index contributed by atoms with van der Waals surface area (Å²) >= 11 is 1.70. The number of aliphatic imine (C=N–C) groups is 1. The molecule has 1 N–H and O–H groups in total. The van der Waals surface area contributed by atoms with Crippen LogP contribution < -0.4 is 5.32 Å². The van der Waals surface area contributed by atoms with Gasteiger partial charge in [0, 0.05) is 11.3 Å². The number of ether oxygens (including phenoxy) is 1. The first-order valence-corrected chi connectivity index (χ1v) is 6.92. The van der Waals surface area contributed by atoms with E-state index >= 15 is 0 Å². The largest absolute Gasteiger partial charge is 0.374 e. The van der Waals surface area contributed by atoms with Crippen molar-refractivity contribution in [1.82, 2.24) is 5.32 Å². The summed E-state index contributed by atoms with van der Waals surface area (Å²) in [5.74, 6) is 1.02. The van der Waals surface area contributed by atoms with Crippen molar-refractivity contribution in [2.24, 2.45) is 4.99 Å². The highest BCUT2D eigenvalue weighted by Crippen LogP contribution is 2.28. The Morgan fingerprint density at radius 1 is 1.47 bits per heavy atom. The lowest BCUT2D eigenvalue weighted by Crippen LogP contribution is -2.42. The Morgan fingerprint density at radius 2 is 2.18 bits per heavy atom. The van der Waals surface area contributed by atoms with Crippen molar-refractivity contribution >= 4 is 16.9 Å². The summed E-state index contributed by atoms with van der Waals surface area (Å²) in [6.45, 7) is 4.50. The zero-order chi connectivity index (χ0) is 12.7. The Bertz CT molecular complexity index is 258. The fourth-order valence-corrected chi connectivity index (χ4v) is 2.97. The fourth-order valence-electron chi connectivity index (χ4n) is 1.61. The van der Waals surface area contributed by atoms with Crippen LogP contribution in [-0.2, 0) is 4.74 Å². The molecule has 0 unspecified atom stereocenters. The quantitative estimate of drug-likeness (QED) is 0.719. The van der Waals surface area contributed by atoms with Gasteiger partial charge >= 0.3 is 0 Å². The number of thioether (sulfide) groups is 1. The summed E-state index contributed by atoms with van der Waals surface area (Å²) in [5, 5.41) is 4.32. The summed E-state index contributed by atoms with van der Waals surface area (Å²) in [5.41, 5.74) is 0.160. The summed E-state index contributed by atoms with van der Waals surface area (Å²) in [6, 6.07) is 0. The summed E-state index contributed by atoms with van der Waals surface area (Å²) < 4.78 is 28.3. The molecule has 1 saturated heterocycles. The van der Waals surface area contributed by atoms with Crippen LogP contribution >= 0.6 is 11.8 Å². The standard InChI is InChI=1S/C11H20F2N2OS/c1-3-11(4-2)8-17-10(15-11)14-5-6-16-7-9(12)13/h9H,3-8H2,1-2H3,(H,14,15). The van der Waals surface area contributed by atoms with Crippen molar-refractivity contribution in [3.63, 3.8) is 0 Å². The maximum atomic E-state index is 11.8. The Hall–Kier alpha value is -0.360. The van der Waals surface area contributed by atoms with Gasteiger partial charge in [-0.1, -0.05) is 25.6 Å². The van der Waals surface area contributed by atoms with Gasteiger partial charge in [0.25, 0.3) is 6.43 Å². The van der Waals surface area contributed by atoms with Gasteiger partial charge in [-0.2, -0.15) is 0 Å². The van der Waals surface area contributed by atoms with Gasteiger partial charge in [-0.25, -0.2) is 8.78 Å². The van der Waals surface area contributed by atoms with Crippen molar-refractivity contribution in [1.29, 1.82) is 0 Å². The average Bonchev–Trinajstić information content (AvgIpc) is 2.73. The third kappa shape index (κ3) is 4.79. The van der Waals surface area contributed by atoms with E-state index < -0.39 is 13.0 Å². The number of alkyl halides is 2. The number of hydrogen-bond acceptors (Lipinski definition) is 3. The van der Waals surface area contributed by atoms with E-state index in [9.17, 15) is 8.78 Å². The van der Waals surface area contributed by atoms with Crippen LogP contribution in [0.25, 0.3) is 0 Å². The third-order valence-corrected chi connectivity index (χ3v) is 4.15. The van der Waals surface area contributed by atoms with Crippen LogP contribution in [0.4, 0.5) is 8.78 Å². The zero-order valence-corrected chi connectivity index (χ0v) is 11.2. The maximum absolute atomic E-state index is 11.8. The van der Waals surface area contributed by atoms with E-state index in [1.165, 1.54) is 0 Å². The Morgan fingerprint density at radius 3 is 2.71 bits per heavy atom. The number of halogens is 2. The number of rotatable bonds is 7. The molecule has 1 rings (SSSR count). The molecular formula is C11H20F2N2OS. The molecule has 100 valence electrons.